The van der Waals surface area contributed by atoms with Gasteiger partial charge in [0.25, 0.3) is 0 Å². The minimum atomic E-state index is 0.780. The molecule has 0 saturated heterocycles. The molecule has 0 atom stereocenters. The van der Waals surface area contributed by atoms with Crippen LogP contribution in [0.1, 0.15) is 5.56 Å². The van der Waals surface area contributed by atoms with Crippen LogP contribution in [0.2, 0.25) is 0 Å². The molecule has 4 rings (SSSR count). The molecule has 21 heavy (non-hydrogen) atoms. The van der Waals surface area contributed by atoms with Gasteiger partial charge < -0.3 is 4.42 Å². The van der Waals surface area contributed by atoms with Gasteiger partial charge in [0.1, 0.15) is 22.0 Å². The van der Waals surface area contributed by atoms with Gasteiger partial charge in [0.15, 0.2) is 5.76 Å². The van der Waals surface area contributed by atoms with Crippen molar-refractivity contribution in [3.63, 3.8) is 0 Å². The van der Waals surface area contributed by atoms with E-state index in [-0.39, 0.29) is 0 Å². The van der Waals surface area contributed by atoms with Crippen LogP contribution in [-0.2, 0) is 0 Å². The molecular weight excluding hydrogens is 282 g/mol. The van der Waals surface area contributed by atoms with Crippen molar-refractivity contribution in [1.29, 1.82) is 0 Å². The number of fused-ring (bicyclic) bond motifs is 1. The van der Waals surface area contributed by atoms with Gasteiger partial charge >= 0.3 is 0 Å². The van der Waals surface area contributed by atoms with Gasteiger partial charge in [0.2, 0.25) is 0 Å². The van der Waals surface area contributed by atoms with Gasteiger partial charge in [-0.05, 0) is 13.0 Å². The van der Waals surface area contributed by atoms with Crippen molar-refractivity contribution < 1.29 is 4.42 Å². The van der Waals surface area contributed by atoms with Crippen molar-refractivity contribution >= 4 is 22.3 Å². The Labute approximate surface area is 125 Å². The van der Waals surface area contributed by atoms with Gasteiger partial charge in [-0.15, -0.1) is 11.3 Å². The third kappa shape index (κ3) is 2.02. The van der Waals surface area contributed by atoms with E-state index in [1.54, 1.807) is 29.9 Å². The number of thiazole rings is 1. The van der Waals surface area contributed by atoms with E-state index in [1.807, 2.05) is 23.6 Å². The van der Waals surface area contributed by atoms with Crippen molar-refractivity contribution in [2.75, 3.05) is 0 Å². The summed E-state index contributed by atoms with van der Waals surface area (Å²) in [7, 11) is 0. The van der Waals surface area contributed by atoms with Gasteiger partial charge in [-0.25, -0.2) is 4.98 Å². The molecule has 3 heterocycles. The number of rotatable bonds is 2. The van der Waals surface area contributed by atoms with Crippen LogP contribution in [0.15, 0.2) is 52.7 Å². The molecule has 102 valence electrons. The molecule has 3 aromatic heterocycles. The Bertz CT molecular complexity index is 912. The summed E-state index contributed by atoms with van der Waals surface area (Å²) in [4.78, 5) is 13.0. The highest BCUT2D eigenvalue weighted by molar-refractivity contribution is 7.13. The minimum Gasteiger partial charge on any atom is -0.454 e. The number of benzene rings is 1. The van der Waals surface area contributed by atoms with Crippen LogP contribution in [-0.4, -0.2) is 15.0 Å². The van der Waals surface area contributed by atoms with Crippen LogP contribution in [0.5, 0.6) is 0 Å². The number of aromatic nitrogens is 3. The largest absolute Gasteiger partial charge is 0.454 e. The summed E-state index contributed by atoms with van der Waals surface area (Å²) in [5.41, 5.74) is 3.62. The average Bonchev–Trinajstić information content (AvgIpc) is 3.14. The van der Waals surface area contributed by atoms with Crippen LogP contribution in [0.4, 0.5) is 0 Å². The fourth-order valence-electron chi connectivity index (χ4n) is 2.32. The van der Waals surface area contributed by atoms with Crippen LogP contribution in [0, 0.1) is 6.92 Å². The Morgan fingerprint density at radius 3 is 2.81 bits per heavy atom. The van der Waals surface area contributed by atoms with Crippen molar-refractivity contribution in [3.8, 4) is 22.2 Å². The molecule has 4 aromatic rings. The van der Waals surface area contributed by atoms with E-state index in [1.165, 1.54) is 0 Å². The molecule has 0 spiro atoms. The van der Waals surface area contributed by atoms with Crippen molar-refractivity contribution in [2.24, 2.45) is 0 Å². The van der Waals surface area contributed by atoms with E-state index < -0.39 is 0 Å². The van der Waals surface area contributed by atoms with Crippen molar-refractivity contribution in [3.05, 3.63) is 53.8 Å². The van der Waals surface area contributed by atoms with Gasteiger partial charge in [-0.3, -0.25) is 9.97 Å². The Kier molecular flexibility index (Phi) is 2.79. The van der Waals surface area contributed by atoms with Crippen molar-refractivity contribution in [1.82, 2.24) is 15.0 Å². The van der Waals surface area contributed by atoms with Gasteiger partial charge in [0.05, 0.1) is 6.20 Å². The smallest absolute Gasteiger partial charge is 0.157 e. The number of para-hydroxylation sites is 1. The zero-order valence-corrected chi connectivity index (χ0v) is 12.1. The molecule has 0 aliphatic carbocycles. The average molecular weight is 293 g/mol. The van der Waals surface area contributed by atoms with E-state index in [9.17, 15) is 0 Å². The molecule has 1 aromatic carbocycles. The topological polar surface area (TPSA) is 51.8 Å². The Hall–Kier alpha value is -2.53. The number of hydrogen-bond acceptors (Lipinski definition) is 5. The molecule has 0 aliphatic rings. The van der Waals surface area contributed by atoms with Crippen LogP contribution < -0.4 is 0 Å². The molecule has 0 saturated carbocycles. The third-order valence-corrected chi connectivity index (χ3v) is 4.23. The molecule has 0 radical (unpaired) electrons. The second-order valence-corrected chi connectivity index (χ2v) is 5.54. The lowest BCUT2D eigenvalue weighted by atomic mass is 10.1. The lowest BCUT2D eigenvalue weighted by Gasteiger charge is -1.93. The monoisotopic (exact) mass is 293 g/mol. The maximum Gasteiger partial charge on any atom is 0.157 e. The van der Waals surface area contributed by atoms with Crippen LogP contribution >= 0.6 is 11.3 Å². The molecule has 0 bridgehead atoms. The van der Waals surface area contributed by atoms with Gasteiger partial charge in [-0.1, -0.05) is 18.2 Å². The lowest BCUT2D eigenvalue weighted by Crippen LogP contribution is -1.84. The first-order valence-electron chi connectivity index (χ1n) is 6.53. The first-order valence-corrected chi connectivity index (χ1v) is 7.41. The first-order chi connectivity index (χ1) is 10.3. The summed E-state index contributed by atoms with van der Waals surface area (Å²) in [5, 5.41) is 3.97. The minimum absolute atomic E-state index is 0.780. The van der Waals surface area contributed by atoms with E-state index in [2.05, 4.69) is 27.9 Å². The molecule has 0 aliphatic heterocycles. The fourth-order valence-corrected chi connectivity index (χ4v) is 3.08. The maximum atomic E-state index is 5.94. The molecule has 5 heteroatoms. The zero-order chi connectivity index (χ0) is 14.2. The van der Waals surface area contributed by atoms with E-state index in [0.717, 1.165) is 38.7 Å². The predicted octanol–water partition coefficient (Wildman–Crippen LogP) is 4.32. The number of nitrogens with zero attached hydrogens (tertiary/aromatic N) is 3. The van der Waals surface area contributed by atoms with Gasteiger partial charge in [-0.2, -0.15) is 0 Å². The lowest BCUT2D eigenvalue weighted by molar-refractivity contribution is 0.627. The highest BCUT2D eigenvalue weighted by Gasteiger charge is 2.15. The summed E-state index contributed by atoms with van der Waals surface area (Å²) in [5.74, 6) is 0.822. The SMILES string of the molecule is Cc1c(-c2csc(-c3cnccn3)n2)oc2ccccc12. The van der Waals surface area contributed by atoms with E-state index in [4.69, 9.17) is 4.42 Å². The normalized spacial score (nSPS) is 11.1. The summed E-state index contributed by atoms with van der Waals surface area (Å²) in [6.45, 7) is 2.06. The molecule has 4 nitrogen and oxygen atoms in total. The summed E-state index contributed by atoms with van der Waals surface area (Å²) in [6.07, 6.45) is 5.04. The Morgan fingerprint density at radius 2 is 2.00 bits per heavy atom. The number of aryl methyl sites for hydroxylation is 1. The quantitative estimate of drug-likeness (QED) is 0.552. The maximum absolute atomic E-state index is 5.94. The van der Waals surface area contributed by atoms with Crippen molar-refractivity contribution in [2.45, 2.75) is 6.92 Å². The Balaban J connectivity index is 1.83. The zero-order valence-electron chi connectivity index (χ0n) is 11.3. The Morgan fingerprint density at radius 1 is 1.10 bits per heavy atom. The van der Waals surface area contributed by atoms with E-state index in [0.29, 0.717) is 0 Å². The predicted molar refractivity (Wildman–Crippen MR) is 83.1 cm³/mol. The first kappa shape index (κ1) is 12.2. The standard InChI is InChI=1S/C16H11N3OS/c1-10-11-4-2-3-5-14(11)20-15(10)13-9-21-16(19-13)12-8-17-6-7-18-12/h2-9H,1H3. The molecular formula is C16H11N3OS. The van der Waals surface area contributed by atoms with Crippen LogP contribution in [0.3, 0.4) is 0 Å². The summed E-state index contributed by atoms with van der Waals surface area (Å²) in [6, 6.07) is 8.02. The molecule has 0 unspecified atom stereocenters. The highest BCUT2D eigenvalue weighted by Crippen LogP contribution is 2.34. The molecule has 0 fully saturated rings. The van der Waals surface area contributed by atoms with Gasteiger partial charge in [0, 0.05) is 28.7 Å². The molecule has 0 N–H and O–H groups in total. The third-order valence-electron chi connectivity index (χ3n) is 3.36. The highest BCUT2D eigenvalue weighted by atomic mass is 32.1. The summed E-state index contributed by atoms with van der Waals surface area (Å²) < 4.78 is 5.94. The summed E-state index contributed by atoms with van der Waals surface area (Å²) >= 11 is 1.54. The van der Waals surface area contributed by atoms with Crippen LogP contribution in [0.25, 0.3) is 33.1 Å². The second-order valence-electron chi connectivity index (χ2n) is 4.68. The second kappa shape index (κ2) is 4.79. The number of hydrogen-bond donors (Lipinski definition) is 0. The number of furan rings is 1. The fraction of sp³-hybridized carbons (Fsp3) is 0.0625. The molecule has 0 amide bonds. The van der Waals surface area contributed by atoms with E-state index >= 15 is 0 Å².